The van der Waals surface area contributed by atoms with Gasteiger partial charge in [-0.25, -0.2) is 4.39 Å². The van der Waals surface area contributed by atoms with E-state index in [9.17, 15) is 4.39 Å². The summed E-state index contributed by atoms with van der Waals surface area (Å²) in [4.78, 5) is 2.62. The minimum atomic E-state index is -0.180. The fraction of sp³-hybridized carbons (Fsp3) is 0.556. The van der Waals surface area contributed by atoms with E-state index in [-0.39, 0.29) is 25.0 Å². The number of fused-ring (bicyclic) bond motifs is 1. The van der Waals surface area contributed by atoms with Gasteiger partial charge in [0.25, 0.3) is 0 Å². The van der Waals surface area contributed by atoms with Crippen LogP contribution in [0.2, 0.25) is 0 Å². The molecule has 0 radical (unpaired) electrons. The lowest BCUT2D eigenvalue weighted by molar-refractivity contribution is 0.0958. The molecule has 2 aromatic carbocycles. The predicted molar refractivity (Wildman–Crippen MR) is 132 cm³/mol. The smallest absolute Gasteiger partial charge is 0.231 e. The van der Waals surface area contributed by atoms with Crippen LogP contribution < -0.4 is 14.2 Å². The molecule has 2 aromatic rings. The summed E-state index contributed by atoms with van der Waals surface area (Å²) in [6, 6.07) is 12.8. The molecule has 0 saturated carbocycles. The Kier molecular flexibility index (Phi) is 9.69. The highest BCUT2D eigenvalue weighted by atomic mass is 35.5. The summed E-state index contributed by atoms with van der Waals surface area (Å²) in [5, 5.41) is 0. The zero-order valence-corrected chi connectivity index (χ0v) is 20.6. The molecule has 2 aliphatic heterocycles. The van der Waals surface area contributed by atoms with Crippen LogP contribution in [-0.4, -0.2) is 37.9 Å². The molecule has 0 aromatic heterocycles. The molecule has 182 valence electrons. The van der Waals surface area contributed by atoms with Gasteiger partial charge in [-0.2, -0.15) is 0 Å². The Morgan fingerprint density at radius 2 is 1.88 bits per heavy atom. The van der Waals surface area contributed by atoms with E-state index in [4.69, 9.17) is 14.2 Å². The number of likely N-dealkylation sites (tertiary alicyclic amines) is 1. The molecule has 1 fully saturated rings. The van der Waals surface area contributed by atoms with Crippen LogP contribution in [0.5, 0.6) is 17.2 Å². The lowest BCUT2D eigenvalue weighted by Gasteiger charge is -2.40. The maximum absolute atomic E-state index is 13.5. The molecule has 0 aliphatic carbocycles. The zero-order valence-electron chi connectivity index (χ0n) is 19.8. The van der Waals surface area contributed by atoms with E-state index in [1.165, 1.54) is 31.2 Å². The van der Waals surface area contributed by atoms with Gasteiger partial charge in [-0.15, -0.1) is 12.4 Å². The molecule has 1 saturated heterocycles. The van der Waals surface area contributed by atoms with Crippen LogP contribution in [0.4, 0.5) is 4.39 Å². The molecule has 0 spiro atoms. The molecule has 3 atom stereocenters. The third-order valence-electron chi connectivity index (χ3n) is 6.98. The number of rotatable bonds is 10. The maximum Gasteiger partial charge on any atom is 0.231 e. The third-order valence-corrected chi connectivity index (χ3v) is 6.98. The average Bonchev–Trinajstić information content (AvgIpc) is 3.29. The highest BCUT2D eigenvalue weighted by molar-refractivity contribution is 5.85. The molecular formula is C27H37ClFNO3. The van der Waals surface area contributed by atoms with E-state index in [0.717, 1.165) is 49.2 Å². The second kappa shape index (κ2) is 12.5. The van der Waals surface area contributed by atoms with Gasteiger partial charge in [0.2, 0.25) is 6.79 Å². The highest BCUT2D eigenvalue weighted by Crippen LogP contribution is 2.37. The van der Waals surface area contributed by atoms with Gasteiger partial charge in [0.05, 0.1) is 6.61 Å². The van der Waals surface area contributed by atoms with E-state index in [1.54, 1.807) is 12.1 Å². The summed E-state index contributed by atoms with van der Waals surface area (Å²) >= 11 is 0. The van der Waals surface area contributed by atoms with Crippen LogP contribution in [0.15, 0.2) is 42.5 Å². The van der Waals surface area contributed by atoms with Crippen molar-refractivity contribution < 1.29 is 18.6 Å². The van der Waals surface area contributed by atoms with Crippen LogP contribution in [0, 0.1) is 17.7 Å². The summed E-state index contributed by atoms with van der Waals surface area (Å²) < 4.78 is 30.7. The lowest BCUT2D eigenvalue weighted by atomic mass is 9.80. The summed E-state index contributed by atoms with van der Waals surface area (Å²) in [5.74, 6) is 3.61. The summed E-state index contributed by atoms with van der Waals surface area (Å²) in [6.07, 6.45) is 6.18. The summed E-state index contributed by atoms with van der Waals surface area (Å²) in [5.41, 5.74) is 1.21. The molecule has 0 amide bonds. The minimum Gasteiger partial charge on any atom is -0.493 e. The first-order valence-corrected chi connectivity index (χ1v) is 12.2. The Morgan fingerprint density at radius 1 is 1.09 bits per heavy atom. The molecule has 0 bridgehead atoms. The van der Waals surface area contributed by atoms with Crippen molar-refractivity contribution in [3.05, 3.63) is 53.8 Å². The number of nitrogens with zero attached hydrogens (tertiary/aromatic N) is 1. The normalized spacial score (nSPS) is 20.8. The van der Waals surface area contributed by atoms with Crippen molar-refractivity contribution in [2.45, 2.75) is 51.9 Å². The van der Waals surface area contributed by atoms with Gasteiger partial charge in [-0.3, -0.25) is 0 Å². The van der Waals surface area contributed by atoms with Gasteiger partial charge in [0.15, 0.2) is 11.5 Å². The third kappa shape index (κ3) is 6.77. The number of hydrogen-bond acceptors (Lipinski definition) is 4. The van der Waals surface area contributed by atoms with Crippen molar-refractivity contribution in [3.8, 4) is 17.2 Å². The zero-order chi connectivity index (χ0) is 22.3. The van der Waals surface area contributed by atoms with E-state index < -0.39 is 0 Å². The van der Waals surface area contributed by atoms with E-state index in [0.29, 0.717) is 18.4 Å². The molecule has 0 N–H and O–H groups in total. The second-order valence-electron chi connectivity index (χ2n) is 9.21. The maximum atomic E-state index is 13.5. The first-order chi connectivity index (χ1) is 15.7. The van der Waals surface area contributed by atoms with Crippen molar-refractivity contribution in [1.29, 1.82) is 0 Å². The molecule has 6 heteroatoms. The molecule has 4 nitrogen and oxygen atoms in total. The van der Waals surface area contributed by atoms with Crippen LogP contribution in [0.25, 0.3) is 0 Å². The Balaban J connectivity index is 0.00000306. The Labute approximate surface area is 203 Å². The highest BCUT2D eigenvalue weighted by Gasteiger charge is 2.32. The van der Waals surface area contributed by atoms with E-state index in [2.05, 4.69) is 18.7 Å². The number of benzene rings is 2. The fourth-order valence-corrected chi connectivity index (χ4v) is 5.04. The number of halogens is 2. The number of piperidine rings is 1. The predicted octanol–water partition coefficient (Wildman–Crippen LogP) is 6.68. The molecule has 2 heterocycles. The van der Waals surface area contributed by atoms with Crippen molar-refractivity contribution in [2.75, 3.05) is 33.0 Å². The van der Waals surface area contributed by atoms with Gasteiger partial charge in [0, 0.05) is 25.1 Å². The Bertz CT molecular complexity index is 863. The van der Waals surface area contributed by atoms with Crippen LogP contribution in [0.3, 0.4) is 0 Å². The van der Waals surface area contributed by atoms with E-state index >= 15 is 0 Å². The fourth-order valence-electron chi connectivity index (χ4n) is 5.04. The number of hydrogen-bond donors (Lipinski definition) is 0. The van der Waals surface area contributed by atoms with Gasteiger partial charge in [-0.05, 0) is 61.1 Å². The largest absolute Gasteiger partial charge is 0.493 e. The van der Waals surface area contributed by atoms with E-state index in [1.807, 2.05) is 30.3 Å². The van der Waals surface area contributed by atoms with Crippen LogP contribution in [-0.2, 0) is 0 Å². The monoisotopic (exact) mass is 477 g/mol. The van der Waals surface area contributed by atoms with Gasteiger partial charge < -0.3 is 19.1 Å². The van der Waals surface area contributed by atoms with Gasteiger partial charge in [-0.1, -0.05) is 45.2 Å². The number of unbranched alkanes of at least 4 members (excludes halogenated alkanes) is 1. The SMILES string of the molecule is CCCCC(CC)CN1CC[C@@H](c2ccc(F)cc2)[C@H](COc2ccc3c(c2)OCO3)C1.Cl. The lowest BCUT2D eigenvalue weighted by Crippen LogP contribution is -2.43. The topological polar surface area (TPSA) is 30.9 Å². The van der Waals surface area contributed by atoms with Crippen molar-refractivity contribution in [3.63, 3.8) is 0 Å². The van der Waals surface area contributed by atoms with Crippen molar-refractivity contribution in [2.24, 2.45) is 11.8 Å². The molecule has 2 aliphatic rings. The van der Waals surface area contributed by atoms with Crippen molar-refractivity contribution in [1.82, 2.24) is 4.90 Å². The quantitative estimate of drug-likeness (QED) is 0.382. The van der Waals surface area contributed by atoms with Gasteiger partial charge in [0.1, 0.15) is 11.6 Å². The molecule has 1 unspecified atom stereocenters. The molecule has 4 rings (SSSR count). The second-order valence-corrected chi connectivity index (χ2v) is 9.21. The van der Waals surface area contributed by atoms with Gasteiger partial charge >= 0.3 is 0 Å². The number of ether oxygens (including phenoxy) is 3. The van der Waals surface area contributed by atoms with Crippen molar-refractivity contribution >= 4 is 12.4 Å². The average molecular weight is 478 g/mol. The Morgan fingerprint density at radius 3 is 2.64 bits per heavy atom. The molecule has 33 heavy (non-hydrogen) atoms. The molecular weight excluding hydrogens is 441 g/mol. The summed E-state index contributed by atoms with van der Waals surface area (Å²) in [6.45, 7) is 8.73. The Hall–Kier alpha value is -1.98. The summed E-state index contributed by atoms with van der Waals surface area (Å²) in [7, 11) is 0. The standard InChI is InChI=1S/C27H36FNO3.ClH/c1-3-5-6-20(4-2)16-29-14-13-25(21-7-9-23(28)10-8-21)22(17-29)18-30-24-11-12-26-27(15-24)32-19-31-26;/h7-12,15,20,22,25H,3-6,13-14,16-19H2,1-2H3;1H/t20?,22-,25-;/m0./s1. The van der Waals surface area contributed by atoms with Crippen LogP contribution in [0.1, 0.15) is 57.4 Å². The van der Waals surface area contributed by atoms with Crippen LogP contribution >= 0.6 is 12.4 Å². The minimum absolute atomic E-state index is 0. The first-order valence-electron chi connectivity index (χ1n) is 12.2. The first kappa shape index (κ1) is 25.6.